The number of ether oxygens (including phenoxy) is 1. The summed E-state index contributed by atoms with van der Waals surface area (Å²) in [5.41, 5.74) is 0. The molecule has 1 aromatic rings. The van der Waals surface area contributed by atoms with Crippen molar-refractivity contribution < 1.29 is 9.53 Å². The van der Waals surface area contributed by atoms with Gasteiger partial charge in [-0.25, -0.2) is 9.67 Å². The maximum atomic E-state index is 12.0. The van der Waals surface area contributed by atoms with Gasteiger partial charge < -0.3 is 10.1 Å². The third-order valence-corrected chi connectivity index (χ3v) is 3.45. The standard InChI is InChI=1S/C12H21N5O2/c1-10(16-3-5-19-6-4-16)7-14-12(18)11(2)17-9-13-8-15-17/h8-11H,3-7H2,1-2H3,(H,14,18)/t10-,11+/m0/s1. The molecule has 1 aliphatic rings. The SMILES string of the molecule is C[C@H](C(=O)NC[C@H](C)N1CCOCC1)n1cncn1. The van der Waals surface area contributed by atoms with Gasteiger partial charge in [0.25, 0.3) is 0 Å². The Morgan fingerprint density at radius 2 is 2.16 bits per heavy atom. The number of carbonyl (C=O) groups excluding carboxylic acids is 1. The number of morpholine rings is 1. The molecule has 19 heavy (non-hydrogen) atoms. The van der Waals surface area contributed by atoms with E-state index < -0.39 is 0 Å². The lowest BCUT2D eigenvalue weighted by Gasteiger charge is -2.32. The summed E-state index contributed by atoms with van der Waals surface area (Å²) < 4.78 is 6.87. The van der Waals surface area contributed by atoms with Crippen LogP contribution in [0.5, 0.6) is 0 Å². The van der Waals surface area contributed by atoms with Crippen LogP contribution in [0.2, 0.25) is 0 Å². The van der Waals surface area contributed by atoms with Crippen LogP contribution >= 0.6 is 0 Å². The molecule has 1 saturated heterocycles. The number of aromatic nitrogens is 3. The van der Waals surface area contributed by atoms with Gasteiger partial charge in [-0.2, -0.15) is 5.10 Å². The lowest BCUT2D eigenvalue weighted by molar-refractivity contribution is -0.124. The molecular formula is C12H21N5O2. The Labute approximate surface area is 112 Å². The predicted molar refractivity (Wildman–Crippen MR) is 69.6 cm³/mol. The highest BCUT2D eigenvalue weighted by Gasteiger charge is 2.20. The minimum absolute atomic E-state index is 0.0365. The third kappa shape index (κ3) is 3.74. The number of amides is 1. The molecule has 1 amide bonds. The Balaban J connectivity index is 1.76. The van der Waals surface area contributed by atoms with Gasteiger partial charge in [-0.15, -0.1) is 0 Å². The Bertz CT molecular complexity index is 389. The molecule has 1 aliphatic heterocycles. The van der Waals surface area contributed by atoms with E-state index in [1.165, 1.54) is 6.33 Å². The second-order valence-electron chi connectivity index (χ2n) is 4.79. The molecule has 7 heteroatoms. The number of nitrogens with one attached hydrogen (secondary N) is 1. The fourth-order valence-electron chi connectivity index (χ4n) is 2.08. The van der Waals surface area contributed by atoms with Crippen LogP contribution in [0.25, 0.3) is 0 Å². The van der Waals surface area contributed by atoms with Crippen molar-refractivity contribution in [3.63, 3.8) is 0 Å². The van der Waals surface area contributed by atoms with Crippen LogP contribution in [-0.2, 0) is 9.53 Å². The topological polar surface area (TPSA) is 72.3 Å². The van der Waals surface area contributed by atoms with Gasteiger partial charge in [0.15, 0.2) is 0 Å². The zero-order chi connectivity index (χ0) is 13.7. The highest BCUT2D eigenvalue weighted by molar-refractivity contribution is 5.79. The second-order valence-corrected chi connectivity index (χ2v) is 4.79. The normalized spacial score (nSPS) is 19.9. The van der Waals surface area contributed by atoms with E-state index in [1.807, 2.05) is 6.92 Å². The molecule has 106 valence electrons. The third-order valence-electron chi connectivity index (χ3n) is 3.45. The van der Waals surface area contributed by atoms with Crippen LogP contribution in [0, 0.1) is 0 Å². The molecule has 0 aliphatic carbocycles. The van der Waals surface area contributed by atoms with Crippen molar-refractivity contribution in [2.75, 3.05) is 32.8 Å². The van der Waals surface area contributed by atoms with E-state index in [4.69, 9.17) is 4.74 Å². The molecule has 0 unspecified atom stereocenters. The van der Waals surface area contributed by atoms with Crippen molar-refractivity contribution in [3.8, 4) is 0 Å². The predicted octanol–water partition coefficient (Wildman–Crippen LogP) is -0.324. The second kappa shape index (κ2) is 6.63. The van der Waals surface area contributed by atoms with Gasteiger partial charge in [-0.1, -0.05) is 0 Å². The van der Waals surface area contributed by atoms with Crippen LogP contribution in [0.3, 0.4) is 0 Å². The average Bonchev–Trinajstić information content (AvgIpc) is 2.98. The van der Waals surface area contributed by atoms with Gasteiger partial charge in [0, 0.05) is 25.7 Å². The van der Waals surface area contributed by atoms with Gasteiger partial charge in [0.05, 0.1) is 13.2 Å². The maximum Gasteiger partial charge on any atom is 0.244 e. The van der Waals surface area contributed by atoms with Gasteiger partial charge in [0.1, 0.15) is 18.7 Å². The Kier molecular flexibility index (Phi) is 4.86. The number of nitrogens with zero attached hydrogens (tertiary/aromatic N) is 4. The van der Waals surface area contributed by atoms with Crippen LogP contribution in [-0.4, -0.2) is 64.5 Å². The summed E-state index contributed by atoms with van der Waals surface area (Å²) in [5, 5.41) is 6.93. The summed E-state index contributed by atoms with van der Waals surface area (Å²) in [6.45, 7) is 7.96. The molecule has 7 nitrogen and oxygen atoms in total. The quantitative estimate of drug-likeness (QED) is 0.791. The van der Waals surface area contributed by atoms with Crippen molar-refractivity contribution in [1.29, 1.82) is 0 Å². The molecule has 1 aromatic heterocycles. The largest absolute Gasteiger partial charge is 0.379 e. The summed E-state index contributed by atoms with van der Waals surface area (Å²) in [7, 11) is 0. The first-order chi connectivity index (χ1) is 9.18. The van der Waals surface area contributed by atoms with Gasteiger partial charge in [0.2, 0.25) is 5.91 Å². The molecule has 0 saturated carbocycles. The molecule has 0 radical (unpaired) electrons. The fraction of sp³-hybridized carbons (Fsp3) is 0.750. The average molecular weight is 267 g/mol. The van der Waals surface area contributed by atoms with Crippen molar-refractivity contribution >= 4 is 5.91 Å². The number of rotatable bonds is 5. The van der Waals surface area contributed by atoms with Gasteiger partial charge >= 0.3 is 0 Å². The summed E-state index contributed by atoms with van der Waals surface area (Å²) in [6, 6.07) is -0.0183. The van der Waals surface area contributed by atoms with Crippen molar-refractivity contribution in [1.82, 2.24) is 25.0 Å². The lowest BCUT2D eigenvalue weighted by atomic mass is 10.2. The minimum atomic E-state index is -0.334. The summed E-state index contributed by atoms with van der Waals surface area (Å²) in [4.78, 5) is 18.2. The summed E-state index contributed by atoms with van der Waals surface area (Å²) in [5.74, 6) is -0.0365. The van der Waals surface area contributed by atoms with Gasteiger partial charge in [-0.3, -0.25) is 9.69 Å². The van der Waals surface area contributed by atoms with E-state index in [-0.39, 0.29) is 11.9 Å². The highest BCUT2D eigenvalue weighted by atomic mass is 16.5. The van der Waals surface area contributed by atoms with Crippen LogP contribution in [0.15, 0.2) is 12.7 Å². The summed E-state index contributed by atoms with van der Waals surface area (Å²) in [6.07, 6.45) is 2.98. The first-order valence-electron chi connectivity index (χ1n) is 6.62. The lowest BCUT2D eigenvalue weighted by Crippen LogP contribution is -2.48. The minimum Gasteiger partial charge on any atom is -0.379 e. The van der Waals surface area contributed by atoms with E-state index in [0.29, 0.717) is 12.6 Å². The number of carbonyl (C=O) groups is 1. The smallest absolute Gasteiger partial charge is 0.244 e. The summed E-state index contributed by atoms with van der Waals surface area (Å²) >= 11 is 0. The monoisotopic (exact) mass is 267 g/mol. The highest BCUT2D eigenvalue weighted by Crippen LogP contribution is 2.04. The first kappa shape index (κ1) is 14.0. The molecule has 2 rings (SSSR count). The molecular weight excluding hydrogens is 246 g/mol. The molecule has 2 heterocycles. The number of hydrogen-bond acceptors (Lipinski definition) is 5. The number of hydrogen-bond donors (Lipinski definition) is 1. The van der Waals surface area contributed by atoms with E-state index >= 15 is 0 Å². The Morgan fingerprint density at radius 3 is 2.79 bits per heavy atom. The maximum absolute atomic E-state index is 12.0. The Morgan fingerprint density at radius 1 is 1.42 bits per heavy atom. The van der Waals surface area contributed by atoms with Crippen LogP contribution in [0.4, 0.5) is 0 Å². The zero-order valence-electron chi connectivity index (χ0n) is 11.5. The van der Waals surface area contributed by atoms with Crippen molar-refractivity contribution in [2.45, 2.75) is 25.9 Å². The van der Waals surface area contributed by atoms with Crippen LogP contribution < -0.4 is 5.32 Å². The Hall–Kier alpha value is -1.47. The molecule has 1 N–H and O–H groups in total. The van der Waals surface area contributed by atoms with E-state index in [2.05, 4.69) is 27.2 Å². The first-order valence-corrected chi connectivity index (χ1v) is 6.62. The van der Waals surface area contributed by atoms with E-state index in [9.17, 15) is 4.79 Å². The zero-order valence-corrected chi connectivity index (χ0v) is 11.5. The molecule has 2 atom stereocenters. The molecule has 0 aromatic carbocycles. The fourth-order valence-corrected chi connectivity index (χ4v) is 2.08. The van der Waals surface area contributed by atoms with Crippen molar-refractivity contribution in [2.24, 2.45) is 0 Å². The van der Waals surface area contributed by atoms with Gasteiger partial charge in [-0.05, 0) is 13.8 Å². The van der Waals surface area contributed by atoms with E-state index in [1.54, 1.807) is 11.0 Å². The molecule has 1 fully saturated rings. The van der Waals surface area contributed by atoms with E-state index in [0.717, 1.165) is 26.3 Å². The molecule has 0 spiro atoms. The van der Waals surface area contributed by atoms with Crippen LogP contribution in [0.1, 0.15) is 19.9 Å². The molecule has 0 bridgehead atoms. The van der Waals surface area contributed by atoms with Crippen molar-refractivity contribution in [3.05, 3.63) is 12.7 Å².